The van der Waals surface area contributed by atoms with Crippen LogP contribution in [0.25, 0.3) is 5.76 Å². The Morgan fingerprint density at radius 3 is 2.41 bits per heavy atom. The minimum Gasteiger partial charge on any atom is -0.507 e. The van der Waals surface area contributed by atoms with Crippen molar-refractivity contribution in [3.63, 3.8) is 0 Å². The summed E-state index contributed by atoms with van der Waals surface area (Å²) in [5, 5.41) is 11.3. The van der Waals surface area contributed by atoms with Crippen LogP contribution in [0.3, 0.4) is 0 Å². The molecular weight excluding hydrogens is 434 g/mol. The molecule has 0 aromatic heterocycles. The summed E-state index contributed by atoms with van der Waals surface area (Å²) in [5.74, 6) is -1.53. The van der Waals surface area contributed by atoms with Gasteiger partial charge in [-0.15, -0.1) is 0 Å². The Kier molecular flexibility index (Phi) is 5.37. The van der Waals surface area contributed by atoms with Crippen molar-refractivity contribution in [1.82, 2.24) is 0 Å². The predicted octanol–water partition coefficient (Wildman–Crippen LogP) is 4.03. The van der Waals surface area contributed by atoms with E-state index >= 15 is 0 Å². The molecule has 1 amide bonds. The van der Waals surface area contributed by atoms with E-state index in [0.29, 0.717) is 35.4 Å². The van der Waals surface area contributed by atoms with Crippen molar-refractivity contribution in [2.24, 2.45) is 0 Å². The van der Waals surface area contributed by atoms with Crippen molar-refractivity contribution in [3.05, 3.63) is 101 Å². The Morgan fingerprint density at radius 2 is 1.71 bits per heavy atom. The molecule has 1 atom stereocenters. The summed E-state index contributed by atoms with van der Waals surface area (Å²) in [6, 6.07) is 19.7. The summed E-state index contributed by atoms with van der Waals surface area (Å²) in [4.78, 5) is 39.6. The third kappa shape index (κ3) is 3.51. The molecule has 2 aliphatic rings. The fourth-order valence-corrected chi connectivity index (χ4v) is 4.41. The molecule has 2 heterocycles. The molecule has 170 valence electrons. The van der Waals surface area contributed by atoms with Crippen molar-refractivity contribution >= 4 is 29.1 Å². The van der Waals surface area contributed by atoms with E-state index in [1.807, 2.05) is 18.2 Å². The average Bonchev–Trinajstić information content (AvgIpc) is 3.45. The highest BCUT2D eigenvalue weighted by atomic mass is 16.5. The number of carbonyl (C=O) groups is 3. The fourth-order valence-electron chi connectivity index (χ4n) is 4.41. The largest absolute Gasteiger partial charge is 0.507 e. The number of amides is 1. The Labute approximate surface area is 195 Å². The molecule has 5 rings (SSSR count). The minimum atomic E-state index is -0.838. The van der Waals surface area contributed by atoms with Gasteiger partial charge in [-0.2, -0.15) is 0 Å². The molecular formula is C27H21NO6. The first-order valence-electron chi connectivity index (χ1n) is 10.8. The van der Waals surface area contributed by atoms with Crippen LogP contribution in [0.15, 0.2) is 78.4 Å². The molecule has 7 heteroatoms. The van der Waals surface area contributed by atoms with Crippen molar-refractivity contribution in [2.75, 3.05) is 18.6 Å². The number of ketones is 1. The van der Waals surface area contributed by atoms with Crippen LogP contribution in [-0.4, -0.2) is 36.5 Å². The molecule has 3 aromatic rings. The molecule has 0 bridgehead atoms. The first-order valence-corrected chi connectivity index (χ1v) is 10.8. The SMILES string of the molecule is COC(=O)c1ccc(N2C(=O)C(=O)/C(=C(\O)c3ccc4c(c3)CCO4)C2c2ccccc2)cc1. The van der Waals surface area contributed by atoms with Crippen LogP contribution in [-0.2, 0) is 20.7 Å². The molecule has 3 aromatic carbocycles. The lowest BCUT2D eigenvalue weighted by Crippen LogP contribution is -2.29. The number of nitrogens with zero attached hydrogens (tertiary/aromatic N) is 1. The van der Waals surface area contributed by atoms with Gasteiger partial charge in [0.05, 0.1) is 30.9 Å². The molecule has 0 spiro atoms. The van der Waals surface area contributed by atoms with Crippen molar-refractivity contribution in [2.45, 2.75) is 12.5 Å². The van der Waals surface area contributed by atoms with Gasteiger partial charge in [-0.1, -0.05) is 30.3 Å². The Hall–Kier alpha value is -4.39. The molecule has 0 aliphatic carbocycles. The van der Waals surface area contributed by atoms with E-state index in [1.165, 1.54) is 24.1 Å². The number of hydrogen-bond donors (Lipinski definition) is 1. The molecule has 1 fully saturated rings. The van der Waals surface area contributed by atoms with Crippen molar-refractivity contribution in [1.29, 1.82) is 0 Å². The van der Waals surface area contributed by atoms with Gasteiger partial charge in [0, 0.05) is 17.7 Å². The van der Waals surface area contributed by atoms with Crippen LogP contribution in [0.4, 0.5) is 5.69 Å². The normalized spacial score (nSPS) is 18.5. The van der Waals surface area contributed by atoms with Crippen molar-refractivity contribution in [3.8, 4) is 5.75 Å². The number of hydrogen-bond acceptors (Lipinski definition) is 6. The second kappa shape index (κ2) is 8.51. The highest BCUT2D eigenvalue weighted by molar-refractivity contribution is 6.51. The lowest BCUT2D eigenvalue weighted by molar-refractivity contribution is -0.132. The summed E-state index contributed by atoms with van der Waals surface area (Å²) < 4.78 is 10.3. The number of rotatable bonds is 4. The lowest BCUT2D eigenvalue weighted by Gasteiger charge is -2.25. The quantitative estimate of drug-likeness (QED) is 0.276. The predicted molar refractivity (Wildman–Crippen MR) is 125 cm³/mol. The smallest absolute Gasteiger partial charge is 0.337 e. The highest BCUT2D eigenvalue weighted by Crippen LogP contribution is 2.42. The number of methoxy groups -OCH3 is 1. The number of anilines is 1. The monoisotopic (exact) mass is 455 g/mol. The van der Waals surface area contributed by atoms with Crippen LogP contribution in [0.2, 0.25) is 0 Å². The number of benzene rings is 3. The van der Waals surface area contributed by atoms with E-state index < -0.39 is 23.7 Å². The molecule has 7 nitrogen and oxygen atoms in total. The number of aliphatic hydroxyl groups excluding tert-OH is 1. The van der Waals surface area contributed by atoms with E-state index in [0.717, 1.165) is 11.3 Å². The van der Waals surface area contributed by atoms with Crippen LogP contribution in [0.5, 0.6) is 5.75 Å². The molecule has 34 heavy (non-hydrogen) atoms. The van der Waals surface area contributed by atoms with Crippen LogP contribution < -0.4 is 9.64 Å². The third-order valence-electron chi connectivity index (χ3n) is 6.09. The Balaban J connectivity index is 1.65. The summed E-state index contributed by atoms with van der Waals surface area (Å²) in [5.41, 5.74) is 2.80. The zero-order valence-corrected chi connectivity index (χ0v) is 18.4. The maximum atomic E-state index is 13.2. The van der Waals surface area contributed by atoms with Gasteiger partial charge in [-0.25, -0.2) is 4.79 Å². The summed E-state index contributed by atoms with van der Waals surface area (Å²) in [6.45, 7) is 0.565. The fraction of sp³-hybridized carbons (Fsp3) is 0.148. The molecule has 0 saturated carbocycles. The number of esters is 1. The Bertz CT molecular complexity index is 1330. The number of aliphatic hydroxyl groups is 1. The molecule has 1 unspecified atom stereocenters. The topological polar surface area (TPSA) is 93.1 Å². The summed E-state index contributed by atoms with van der Waals surface area (Å²) in [7, 11) is 1.29. The first kappa shape index (κ1) is 21.5. The molecule has 2 aliphatic heterocycles. The number of fused-ring (bicyclic) bond motifs is 1. The van der Waals surface area contributed by atoms with E-state index in [4.69, 9.17) is 9.47 Å². The molecule has 1 saturated heterocycles. The van der Waals surface area contributed by atoms with Crippen LogP contribution >= 0.6 is 0 Å². The van der Waals surface area contributed by atoms with Gasteiger partial charge in [-0.05, 0) is 53.6 Å². The van der Waals surface area contributed by atoms with E-state index in [9.17, 15) is 19.5 Å². The minimum absolute atomic E-state index is 0.00658. The average molecular weight is 455 g/mol. The maximum Gasteiger partial charge on any atom is 0.337 e. The van der Waals surface area contributed by atoms with Gasteiger partial charge in [0.25, 0.3) is 11.7 Å². The zero-order valence-electron chi connectivity index (χ0n) is 18.4. The van der Waals surface area contributed by atoms with Gasteiger partial charge in [-0.3, -0.25) is 14.5 Å². The van der Waals surface area contributed by atoms with E-state index in [1.54, 1.807) is 42.5 Å². The van der Waals surface area contributed by atoms with Gasteiger partial charge in [0.15, 0.2) is 0 Å². The third-order valence-corrected chi connectivity index (χ3v) is 6.09. The highest BCUT2D eigenvalue weighted by Gasteiger charge is 2.47. The second-order valence-corrected chi connectivity index (χ2v) is 8.04. The van der Waals surface area contributed by atoms with E-state index in [2.05, 4.69) is 0 Å². The summed E-state index contributed by atoms with van der Waals surface area (Å²) >= 11 is 0. The van der Waals surface area contributed by atoms with Crippen molar-refractivity contribution < 1.29 is 29.0 Å². The van der Waals surface area contributed by atoms with Crippen LogP contribution in [0, 0.1) is 0 Å². The molecule has 0 radical (unpaired) electrons. The first-order chi connectivity index (χ1) is 16.5. The standard InChI is InChI=1S/C27H21NO6/c1-33-27(32)17-7-10-20(11-8-17)28-23(16-5-3-2-4-6-16)22(25(30)26(28)31)24(29)19-9-12-21-18(15-19)13-14-34-21/h2-12,15,23,29H,13-14H2,1H3/b24-22-. The van der Waals surface area contributed by atoms with Gasteiger partial charge >= 0.3 is 5.97 Å². The summed E-state index contributed by atoms with van der Waals surface area (Å²) in [6.07, 6.45) is 0.708. The lowest BCUT2D eigenvalue weighted by atomic mass is 9.94. The van der Waals surface area contributed by atoms with Gasteiger partial charge in [0.2, 0.25) is 0 Å². The Morgan fingerprint density at radius 1 is 1.00 bits per heavy atom. The number of carbonyl (C=O) groups excluding carboxylic acids is 3. The van der Waals surface area contributed by atoms with E-state index in [-0.39, 0.29) is 11.3 Å². The number of ether oxygens (including phenoxy) is 2. The van der Waals surface area contributed by atoms with Gasteiger partial charge in [0.1, 0.15) is 11.5 Å². The number of Topliss-reactive ketones (excluding diaryl/α,β-unsaturated/α-hetero) is 1. The second-order valence-electron chi connectivity index (χ2n) is 8.04. The molecule has 1 N–H and O–H groups in total. The zero-order chi connectivity index (χ0) is 23.8. The van der Waals surface area contributed by atoms with Crippen LogP contribution in [0.1, 0.15) is 33.1 Å². The maximum absolute atomic E-state index is 13.2. The van der Waals surface area contributed by atoms with Gasteiger partial charge < -0.3 is 14.6 Å².